The van der Waals surface area contributed by atoms with Crippen molar-refractivity contribution in [3.8, 4) is 0 Å². The zero-order valence-electron chi connectivity index (χ0n) is 15.4. The summed E-state index contributed by atoms with van der Waals surface area (Å²) in [5.41, 5.74) is 6.56. The van der Waals surface area contributed by atoms with E-state index >= 15 is 0 Å². The molecule has 1 aromatic heterocycles. The third-order valence-electron chi connectivity index (χ3n) is 5.17. The summed E-state index contributed by atoms with van der Waals surface area (Å²) in [5, 5.41) is 6.81. The first kappa shape index (κ1) is 20.7. The molecule has 0 radical (unpaired) electrons. The summed E-state index contributed by atoms with van der Waals surface area (Å²) in [4.78, 5) is 22.5. The van der Waals surface area contributed by atoms with Gasteiger partial charge in [0.05, 0.1) is 0 Å². The Kier molecular flexibility index (Phi) is 7.48. The van der Waals surface area contributed by atoms with Crippen molar-refractivity contribution in [2.45, 2.75) is 38.8 Å². The van der Waals surface area contributed by atoms with Crippen LogP contribution in [-0.2, 0) is 11.3 Å². The van der Waals surface area contributed by atoms with Crippen LogP contribution in [0.5, 0.6) is 0 Å². The molecule has 7 nitrogen and oxygen atoms in total. The maximum Gasteiger partial charge on any atom is 0.220 e. The molecule has 1 saturated heterocycles. The molecule has 1 aliphatic heterocycles. The van der Waals surface area contributed by atoms with Crippen LogP contribution in [0.2, 0.25) is 0 Å². The topological polar surface area (TPSA) is 95.6 Å². The van der Waals surface area contributed by atoms with Gasteiger partial charge in [-0.05, 0) is 31.2 Å². The van der Waals surface area contributed by atoms with E-state index in [1.54, 1.807) is 7.05 Å². The molecule has 2 atom stereocenters. The van der Waals surface area contributed by atoms with Crippen molar-refractivity contribution in [2.75, 3.05) is 25.0 Å². The van der Waals surface area contributed by atoms with Crippen LogP contribution in [0, 0.1) is 11.8 Å². The number of nitrogens with one attached hydrogen (secondary N) is 2. The molecule has 8 heteroatoms. The minimum Gasteiger partial charge on any atom is -0.369 e. The van der Waals surface area contributed by atoms with E-state index in [1.807, 2.05) is 12.3 Å². The summed E-state index contributed by atoms with van der Waals surface area (Å²) in [6.45, 7) is 4.52. The van der Waals surface area contributed by atoms with E-state index in [2.05, 4.69) is 38.5 Å². The van der Waals surface area contributed by atoms with Gasteiger partial charge in [-0.25, -0.2) is 4.98 Å². The maximum absolute atomic E-state index is 11.3. The molecule has 0 bridgehead atoms. The predicted molar refractivity (Wildman–Crippen MR) is 115 cm³/mol. The number of guanidine groups is 1. The molecule has 144 valence electrons. The highest BCUT2D eigenvalue weighted by atomic mass is 127. The van der Waals surface area contributed by atoms with E-state index in [1.165, 1.54) is 6.42 Å². The monoisotopic (exact) mass is 472 g/mol. The second-order valence-electron chi connectivity index (χ2n) is 7.04. The molecule has 3 rings (SSSR count). The van der Waals surface area contributed by atoms with Crippen LogP contribution in [0.25, 0.3) is 0 Å². The lowest BCUT2D eigenvalue weighted by Crippen LogP contribution is -2.41. The highest BCUT2D eigenvalue weighted by molar-refractivity contribution is 14.0. The zero-order valence-corrected chi connectivity index (χ0v) is 17.8. The molecule has 1 saturated carbocycles. The number of anilines is 1. The van der Waals surface area contributed by atoms with Crippen LogP contribution >= 0.6 is 24.0 Å². The summed E-state index contributed by atoms with van der Waals surface area (Å²) in [6, 6.07) is 4.57. The summed E-state index contributed by atoms with van der Waals surface area (Å²) in [7, 11) is 1.79. The van der Waals surface area contributed by atoms with E-state index in [0.717, 1.165) is 49.2 Å². The molecular formula is C18H29IN6O. The number of halogens is 1. The van der Waals surface area contributed by atoms with Crippen molar-refractivity contribution < 1.29 is 4.79 Å². The summed E-state index contributed by atoms with van der Waals surface area (Å²) in [6.07, 6.45) is 4.61. The Morgan fingerprint density at radius 2 is 2.12 bits per heavy atom. The minimum absolute atomic E-state index is 0. The first-order valence-electron chi connectivity index (χ1n) is 9.03. The van der Waals surface area contributed by atoms with Gasteiger partial charge in [0.1, 0.15) is 5.82 Å². The first-order chi connectivity index (χ1) is 12.1. The number of nitrogens with two attached hydrogens (primary N) is 1. The molecule has 2 fully saturated rings. The van der Waals surface area contributed by atoms with Gasteiger partial charge in [-0.1, -0.05) is 13.0 Å². The first-order valence-corrected chi connectivity index (χ1v) is 9.03. The van der Waals surface area contributed by atoms with Crippen molar-refractivity contribution in [3.63, 3.8) is 0 Å². The van der Waals surface area contributed by atoms with Gasteiger partial charge in [-0.15, -0.1) is 24.0 Å². The van der Waals surface area contributed by atoms with Crippen LogP contribution in [0.15, 0.2) is 23.3 Å². The fourth-order valence-electron chi connectivity index (χ4n) is 3.30. The van der Waals surface area contributed by atoms with Gasteiger partial charge in [-0.3, -0.25) is 9.79 Å². The van der Waals surface area contributed by atoms with E-state index in [-0.39, 0.29) is 35.8 Å². The second-order valence-corrected chi connectivity index (χ2v) is 7.04. The van der Waals surface area contributed by atoms with E-state index in [9.17, 15) is 4.79 Å². The maximum atomic E-state index is 11.3. The summed E-state index contributed by atoms with van der Waals surface area (Å²) < 4.78 is 0. The Balaban J connectivity index is 0.00000243. The van der Waals surface area contributed by atoms with Crippen LogP contribution < -0.4 is 21.3 Å². The van der Waals surface area contributed by atoms with Crippen LogP contribution in [0.3, 0.4) is 0 Å². The summed E-state index contributed by atoms with van der Waals surface area (Å²) in [5.74, 6) is 2.33. The lowest BCUT2D eigenvalue weighted by Gasteiger charge is -2.32. The molecule has 2 unspecified atom stereocenters. The van der Waals surface area contributed by atoms with E-state index in [0.29, 0.717) is 12.6 Å². The van der Waals surface area contributed by atoms with Crippen molar-refractivity contribution in [2.24, 2.45) is 22.6 Å². The molecule has 4 N–H and O–H groups in total. The van der Waals surface area contributed by atoms with Gasteiger partial charge < -0.3 is 21.3 Å². The number of carbonyl (C=O) groups is 1. The lowest BCUT2D eigenvalue weighted by atomic mass is 9.96. The number of carbonyl (C=O) groups excluding carboxylic acids is 1. The zero-order chi connectivity index (χ0) is 17.8. The molecule has 1 aromatic rings. The molecule has 2 heterocycles. The molecule has 1 aliphatic carbocycles. The Morgan fingerprint density at radius 1 is 1.42 bits per heavy atom. The van der Waals surface area contributed by atoms with Crippen molar-refractivity contribution >= 4 is 41.7 Å². The highest BCUT2D eigenvalue weighted by Gasteiger charge is 2.33. The molecule has 0 aromatic carbocycles. The number of hydrogen-bond acceptors (Lipinski definition) is 4. The van der Waals surface area contributed by atoms with Gasteiger partial charge >= 0.3 is 0 Å². The number of aromatic nitrogens is 1. The number of primary amides is 1. The largest absolute Gasteiger partial charge is 0.369 e. The molecular weight excluding hydrogens is 443 g/mol. The highest BCUT2D eigenvalue weighted by Crippen LogP contribution is 2.29. The average Bonchev–Trinajstić information content (AvgIpc) is 3.33. The number of aliphatic imine (C=N–C) groups is 1. The fourth-order valence-corrected chi connectivity index (χ4v) is 3.30. The number of amides is 1. The molecule has 2 aliphatic rings. The van der Waals surface area contributed by atoms with Gasteiger partial charge in [-0.2, -0.15) is 0 Å². The Bertz CT molecular complexity index is 644. The van der Waals surface area contributed by atoms with Crippen molar-refractivity contribution in [1.29, 1.82) is 0 Å². The third-order valence-corrected chi connectivity index (χ3v) is 5.17. The average molecular weight is 472 g/mol. The van der Waals surface area contributed by atoms with Crippen molar-refractivity contribution in [1.82, 2.24) is 15.6 Å². The quantitative estimate of drug-likeness (QED) is 0.343. The Hall–Kier alpha value is -1.58. The van der Waals surface area contributed by atoms with Gasteiger partial charge in [0.15, 0.2) is 5.96 Å². The number of pyridine rings is 1. The van der Waals surface area contributed by atoms with Crippen molar-refractivity contribution in [3.05, 3.63) is 23.9 Å². The molecule has 1 amide bonds. The SMILES string of the molecule is CN=C(NCc1cccnc1N1CCC(C(N)=O)CC1)NC1CC1C.I. The number of nitrogens with zero attached hydrogens (tertiary/aromatic N) is 3. The Labute approximate surface area is 172 Å². The normalized spacial score (nSPS) is 23.2. The summed E-state index contributed by atoms with van der Waals surface area (Å²) >= 11 is 0. The lowest BCUT2D eigenvalue weighted by molar-refractivity contribution is -0.122. The smallest absolute Gasteiger partial charge is 0.220 e. The standard InChI is InChI=1S/C18H28N6O.HI/c1-12-10-15(12)23-18(20-2)22-11-14-4-3-7-21-17(14)24-8-5-13(6-9-24)16(19)25;/h3-4,7,12-13,15H,5-6,8-11H2,1-2H3,(H2,19,25)(H2,20,22,23);1H. The predicted octanol–water partition coefficient (Wildman–Crippen LogP) is 1.47. The van der Waals surface area contributed by atoms with E-state index in [4.69, 9.17) is 5.73 Å². The second kappa shape index (κ2) is 9.38. The number of hydrogen-bond donors (Lipinski definition) is 3. The number of rotatable bonds is 5. The molecule has 0 spiro atoms. The van der Waals surface area contributed by atoms with Crippen LogP contribution in [-0.4, -0.2) is 43.0 Å². The van der Waals surface area contributed by atoms with Gasteiger partial charge in [0, 0.05) is 50.4 Å². The van der Waals surface area contributed by atoms with E-state index < -0.39 is 0 Å². The number of piperidine rings is 1. The third kappa shape index (κ3) is 5.21. The van der Waals surface area contributed by atoms with Crippen LogP contribution in [0.4, 0.5) is 5.82 Å². The molecule has 26 heavy (non-hydrogen) atoms. The van der Waals surface area contributed by atoms with Crippen LogP contribution in [0.1, 0.15) is 31.7 Å². The van der Waals surface area contributed by atoms with Gasteiger partial charge in [0.25, 0.3) is 0 Å². The van der Waals surface area contributed by atoms with Gasteiger partial charge in [0.2, 0.25) is 5.91 Å². The Morgan fingerprint density at radius 3 is 2.69 bits per heavy atom. The minimum atomic E-state index is -0.188. The fraction of sp³-hybridized carbons (Fsp3) is 0.611.